The third-order valence-corrected chi connectivity index (χ3v) is 5.71. The van der Waals surface area contributed by atoms with Crippen LogP contribution in [0.5, 0.6) is 5.75 Å². The van der Waals surface area contributed by atoms with Gasteiger partial charge in [-0.05, 0) is 36.2 Å². The predicted molar refractivity (Wildman–Crippen MR) is 134 cm³/mol. The van der Waals surface area contributed by atoms with Crippen molar-refractivity contribution in [2.75, 3.05) is 18.2 Å². The van der Waals surface area contributed by atoms with Gasteiger partial charge in [-0.2, -0.15) is 5.10 Å². The number of ether oxygens (including phenoxy) is 1. The first-order chi connectivity index (χ1) is 17.5. The molecule has 5 aromatic rings. The van der Waals surface area contributed by atoms with Crippen LogP contribution >= 0.6 is 0 Å². The summed E-state index contributed by atoms with van der Waals surface area (Å²) in [5.41, 5.74) is 11.0. The Balaban J connectivity index is 1.45. The summed E-state index contributed by atoms with van der Waals surface area (Å²) in [4.78, 5) is 21.5. The minimum absolute atomic E-state index is 0.111. The summed E-state index contributed by atoms with van der Waals surface area (Å²) in [6.45, 7) is 2.58. The van der Waals surface area contributed by atoms with Crippen LogP contribution < -0.4 is 15.8 Å². The number of carbonyl (C=O) groups excluding carboxylic acids is 1. The topological polar surface area (TPSA) is 134 Å². The maximum atomic E-state index is 12.7. The Morgan fingerprint density at radius 2 is 1.92 bits per heavy atom. The fraction of sp³-hybridized carbons (Fsp3) is 0.115. The molecular weight excluding hydrogens is 458 g/mol. The van der Waals surface area contributed by atoms with E-state index in [1.807, 2.05) is 22.9 Å². The molecule has 0 atom stereocenters. The molecule has 3 heterocycles. The van der Waals surface area contributed by atoms with Crippen LogP contribution in [-0.2, 0) is 6.54 Å². The summed E-state index contributed by atoms with van der Waals surface area (Å²) < 4.78 is 12.1. The Kier molecular flexibility index (Phi) is 6.14. The fourth-order valence-corrected chi connectivity index (χ4v) is 3.78. The molecule has 0 saturated heterocycles. The van der Waals surface area contributed by atoms with Crippen LogP contribution in [0.1, 0.15) is 21.5 Å². The number of anilines is 2. The first-order valence-electron chi connectivity index (χ1n) is 11.1. The minimum atomic E-state index is -0.383. The van der Waals surface area contributed by atoms with E-state index < -0.39 is 0 Å². The number of hydrogen-bond donors (Lipinski definition) is 2. The lowest BCUT2D eigenvalue weighted by Crippen LogP contribution is -2.15. The van der Waals surface area contributed by atoms with Gasteiger partial charge >= 0.3 is 0 Å². The maximum Gasteiger partial charge on any atom is 0.259 e. The standard InChI is InChI=1S/C26H23N7O3/c1-16-7-3-4-8-17(16)15-33-22(19-11-12-36-32-19)13-20(31-33)25-28-14-21(24(27)30-25)29-26(34)18-9-5-6-10-23(18)35-2/h3-14H,15H2,1-2H3,(H,29,34)(H2,27,28,30). The SMILES string of the molecule is COc1ccccc1C(=O)Nc1cnc(-c2cc(-c3ccon3)n(Cc3ccccc3C)n2)nc1N. The van der Waals surface area contributed by atoms with Crippen molar-refractivity contribution in [3.05, 3.63) is 89.8 Å². The van der Waals surface area contributed by atoms with E-state index in [9.17, 15) is 4.79 Å². The zero-order valence-electron chi connectivity index (χ0n) is 19.7. The number of rotatable bonds is 7. The van der Waals surface area contributed by atoms with Crippen LogP contribution in [0.25, 0.3) is 22.9 Å². The highest BCUT2D eigenvalue weighted by Gasteiger charge is 2.18. The van der Waals surface area contributed by atoms with Crippen LogP contribution in [-0.4, -0.2) is 37.9 Å². The van der Waals surface area contributed by atoms with Crippen LogP contribution in [0.4, 0.5) is 11.5 Å². The molecule has 5 rings (SSSR count). The smallest absolute Gasteiger partial charge is 0.259 e. The molecule has 0 fully saturated rings. The number of nitrogens with two attached hydrogens (primary N) is 1. The highest BCUT2D eigenvalue weighted by atomic mass is 16.5. The Morgan fingerprint density at radius 3 is 2.67 bits per heavy atom. The molecule has 36 heavy (non-hydrogen) atoms. The van der Waals surface area contributed by atoms with E-state index in [0.717, 1.165) is 16.8 Å². The van der Waals surface area contributed by atoms with Gasteiger partial charge in [0.2, 0.25) is 0 Å². The molecule has 2 aromatic carbocycles. The molecule has 0 aliphatic carbocycles. The van der Waals surface area contributed by atoms with Gasteiger partial charge in [0, 0.05) is 6.07 Å². The second-order valence-electron chi connectivity index (χ2n) is 8.03. The molecule has 3 N–H and O–H groups in total. The Bertz CT molecular complexity index is 1530. The highest BCUT2D eigenvalue weighted by Crippen LogP contribution is 2.27. The molecule has 0 radical (unpaired) electrons. The zero-order chi connectivity index (χ0) is 25.1. The average Bonchev–Trinajstić information content (AvgIpc) is 3.57. The van der Waals surface area contributed by atoms with Crippen molar-refractivity contribution in [3.8, 4) is 28.7 Å². The van der Waals surface area contributed by atoms with Crippen molar-refractivity contribution >= 4 is 17.4 Å². The monoisotopic (exact) mass is 481 g/mol. The Hall–Kier alpha value is -4.99. The van der Waals surface area contributed by atoms with E-state index in [1.165, 1.54) is 19.6 Å². The quantitative estimate of drug-likeness (QED) is 0.353. The van der Waals surface area contributed by atoms with Gasteiger partial charge < -0.3 is 20.3 Å². The third-order valence-electron chi connectivity index (χ3n) is 5.71. The first-order valence-corrected chi connectivity index (χ1v) is 11.1. The number of para-hydroxylation sites is 1. The lowest BCUT2D eigenvalue weighted by atomic mass is 10.1. The summed E-state index contributed by atoms with van der Waals surface area (Å²) in [5, 5.41) is 11.5. The van der Waals surface area contributed by atoms with Crippen molar-refractivity contribution < 1.29 is 14.1 Å². The molecule has 10 nitrogen and oxygen atoms in total. The number of nitrogens with zero attached hydrogens (tertiary/aromatic N) is 5. The lowest BCUT2D eigenvalue weighted by molar-refractivity contribution is 0.102. The van der Waals surface area contributed by atoms with Gasteiger partial charge in [0.05, 0.1) is 31.1 Å². The van der Waals surface area contributed by atoms with Gasteiger partial charge in [-0.25, -0.2) is 9.97 Å². The van der Waals surface area contributed by atoms with Crippen molar-refractivity contribution in [3.63, 3.8) is 0 Å². The number of amides is 1. The van der Waals surface area contributed by atoms with Gasteiger partial charge in [0.15, 0.2) is 11.6 Å². The second-order valence-corrected chi connectivity index (χ2v) is 8.03. The van der Waals surface area contributed by atoms with Gasteiger partial charge in [0.1, 0.15) is 29.1 Å². The predicted octanol–water partition coefficient (Wildman–Crippen LogP) is 4.19. The van der Waals surface area contributed by atoms with E-state index in [4.69, 9.17) is 20.1 Å². The van der Waals surface area contributed by atoms with Crippen molar-refractivity contribution in [1.82, 2.24) is 24.9 Å². The number of nitrogen functional groups attached to an aromatic ring is 1. The van der Waals surface area contributed by atoms with E-state index in [2.05, 4.69) is 39.5 Å². The van der Waals surface area contributed by atoms with E-state index in [-0.39, 0.29) is 17.4 Å². The molecule has 0 aliphatic heterocycles. The molecule has 0 unspecified atom stereocenters. The molecule has 180 valence electrons. The number of methoxy groups -OCH3 is 1. The third kappa shape index (κ3) is 4.51. The summed E-state index contributed by atoms with van der Waals surface area (Å²) in [7, 11) is 1.50. The number of aromatic nitrogens is 5. The summed E-state index contributed by atoms with van der Waals surface area (Å²) >= 11 is 0. The summed E-state index contributed by atoms with van der Waals surface area (Å²) in [6.07, 6.45) is 2.97. The first kappa shape index (κ1) is 22.8. The number of aryl methyl sites for hydroxylation is 1. The minimum Gasteiger partial charge on any atom is -0.496 e. The maximum absolute atomic E-state index is 12.7. The number of nitrogens with one attached hydrogen (secondary N) is 1. The van der Waals surface area contributed by atoms with Crippen molar-refractivity contribution in [2.45, 2.75) is 13.5 Å². The summed E-state index contributed by atoms with van der Waals surface area (Å²) in [5.74, 6) is 0.493. The van der Waals surface area contributed by atoms with E-state index in [1.54, 1.807) is 30.3 Å². The normalized spacial score (nSPS) is 10.8. The number of carbonyl (C=O) groups is 1. The molecule has 0 aliphatic rings. The second kappa shape index (κ2) is 9.71. The zero-order valence-corrected chi connectivity index (χ0v) is 19.7. The molecule has 0 spiro atoms. The van der Waals surface area contributed by atoms with E-state index in [0.29, 0.717) is 35.1 Å². The molecule has 1 amide bonds. The number of hydrogen-bond acceptors (Lipinski definition) is 8. The Morgan fingerprint density at radius 1 is 1.11 bits per heavy atom. The fourth-order valence-electron chi connectivity index (χ4n) is 3.78. The van der Waals surface area contributed by atoms with Gasteiger partial charge in [0.25, 0.3) is 5.91 Å². The van der Waals surface area contributed by atoms with Gasteiger partial charge in [-0.15, -0.1) is 0 Å². The highest BCUT2D eigenvalue weighted by molar-refractivity contribution is 6.07. The molecule has 0 bridgehead atoms. The van der Waals surface area contributed by atoms with Crippen molar-refractivity contribution in [2.24, 2.45) is 0 Å². The average molecular weight is 482 g/mol. The number of benzene rings is 2. The largest absolute Gasteiger partial charge is 0.496 e. The van der Waals surface area contributed by atoms with Gasteiger partial charge in [-0.1, -0.05) is 41.6 Å². The molecular formula is C26H23N7O3. The van der Waals surface area contributed by atoms with Crippen LogP contribution in [0, 0.1) is 6.92 Å². The van der Waals surface area contributed by atoms with Gasteiger partial charge in [-0.3, -0.25) is 9.48 Å². The summed E-state index contributed by atoms with van der Waals surface area (Å²) in [6, 6.07) is 18.6. The van der Waals surface area contributed by atoms with Crippen LogP contribution in [0.15, 0.2) is 77.6 Å². The van der Waals surface area contributed by atoms with Crippen LogP contribution in [0.3, 0.4) is 0 Å². The Labute approximate surface area is 206 Å². The van der Waals surface area contributed by atoms with E-state index >= 15 is 0 Å². The van der Waals surface area contributed by atoms with Crippen LogP contribution in [0.2, 0.25) is 0 Å². The molecule has 10 heteroatoms. The molecule has 3 aromatic heterocycles. The van der Waals surface area contributed by atoms with Crippen molar-refractivity contribution in [1.29, 1.82) is 0 Å². The lowest BCUT2D eigenvalue weighted by Gasteiger charge is -2.10. The molecule has 0 saturated carbocycles.